The second-order valence-electron chi connectivity index (χ2n) is 6.95. The first kappa shape index (κ1) is 20.4. The fraction of sp³-hybridized carbons (Fsp3) is 0.318. The number of fused-ring (bicyclic) bond motifs is 1. The maximum absolute atomic E-state index is 12.1. The fourth-order valence-corrected chi connectivity index (χ4v) is 3.24. The molecule has 2 amide bonds. The molecule has 3 N–H and O–H groups in total. The fourth-order valence-electron chi connectivity index (χ4n) is 3.24. The molecule has 0 fully saturated rings. The zero-order chi connectivity index (χ0) is 20.6. The predicted octanol–water partition coefficient (Wildman–Crippen LogP) is 2.79. The summed E-state index contributed by atoms with van der Waals surface area (Å²) in [5.74, 6) is -0.934. The topological polar surface area (TPSA) is 105 Å². The molecule has 0 aliphatic heterocycles. The number of amides is 2. The van der Waals surface area contributed by atoms with E-state index in [0.717, 1.165) is 12.8 Å². The summed E-state index contributed by atoms with van der Waals surface area (Å²) >= 11 is 0. The zero-order valence-electron chi connectivity index (χ0n) is 16.1. The van der Waals surface area contributed by atoms with E-state index in [4.69, 9.17) is 9.84 Å². The molecule has 2 aromatic carbocycles. The predicted molar refractivity (Wildman–Crippen MR) is 108 cm³/mol. The first-order valence-corrected chi connectivity index (χ1v) is 9.66. The van der Waals surface area contributed by atoms with Gasteiger partial charge in [0.05, 0.1) is 6.42 Å². The highest BCUT2D eigenvalue weighted by molar-refractivity contribution is 5.96. The summed E-state index contributed by atoms with van der Waals surface area (Å²) in [6.07, 6.45) is 4.42. The standard InChI is InChI=1S/C22H24N2O5/c25-20(14-29-19-10-7-15-3-1-2-4-17(15)13-19)24-18-8-5-16(6-9-18)22(28)23-12-11-21(26)27/h5-10,13H,1-4,11-12,14H2,(H,23,28)(H,24,25)(H,26,27). The van der Waals surface area contributed by atoms with E-state index in [1.54, 1.807) is 24.3 Å². The summed E-state index contributed by atoms with van der Waals surface area (Å²) in [4.78, 5) is 34.5. The largest absolute Gasteiger partial charge is 0.484 e. The van der Waals surface area contributed by atoms with Crippen molar-refractivity contribution in [1.29, 1.82) is 0 Å². The van der Waals surface area contributed by atoms with Gasteiger partial charge in [-0.3, -0.25) is 14.4 Å². The number of carbonyl (C=O) groups excluding carboxylic acids is 2. The van der Waals surface area contributed by atoms with Gasteiger partial charge in [0.1, 0.15) is 5.75 Å². The number of nitrogens with one attached hydrogen (secondary N) is 2. The number of hydrogen-bond donors (Lipinski definition) is 3. The number of anilines is 1. The summed E-state index contributed by atoms with van der Waals surface area (Å²) in [5.41, 5.74) is 3.59. The summed E-state index contributed by atoms with van der Waals surface area (Å²) in [5, 5.41) is 13.8. The second kappa shape index (κ2) is 9.73. The Bertz CT molecular complexity index is 893. The maximum Gasteiger partial charge on any atom is 0.305 e. The van der Waals surface area contributed by atoms with Gasteiger partial charge in [-0.25, -0.2) is 0 Å². The molecule has 0 saturated heterocycles. The lowest BCUT2D eigenvalue weighted by Gasteiger charge is -2.16. The monoisotopic (exact) mass is 396 g/mol. The maximum atomic E-state index is 12.1. The van der Waals surface area contributed by atoms with Crippen molar-refractivity contribution < 1.29 is 24.2 Å². The van der Waals surface area contributed by atoms with Gasteiger partial charge in [-0.1, -0.05) is 6.07 Å². The smallest absolute Gasteiger partial charge is 0.305 e. The van der Waals surface area contributed by atoms with Crippen LogP contribution in [-0.4, -0.2) is 36.0 Å². The lowest BCUT2D eigenvalue weighted by atomic mass is 9.92. The van der Waals surface area contributed by atoms with Gasteiger partial charge in [0.15, 0.2) is 6.61 Å². The van der Waals surface area contributed by atoms with Gasteiger partial charge >= 0.3 is 5.97 Å². The Balaban J connectivity index is 1.46. The molecule has 0 unspecified atom stereocenters. The van der Waals surface area contributed by atoms with Gasteiger partial charge < -0.3 is 20.5 Å². The first-order valence-electron chi connectivity index (χ1n) is 9.66. The zero-order valence-corrected chi connectivity index (χ0v) is 16.1. The molecule has 29 heavy (non-hydrogen) atoms. The van der Waals surface area contributed by atoms with Crippen LogP contribution in [0.3, 0.4) is 0 Å². The molecule has 0 aromatic heterocycles. The van der Waals surface area contributed by atoms with Gasteiger partial charge in [-0.15, -0.1) is 0 Å². The van der Waals surface area contributed by atoms with Crippen molar-refractivity contribution in [2.75, 3.05) is 18.5 Å². The number of aryl methyl sites for hydroxylation is 2. The lowest BCUT2D eigenvalue weighted by molar-refractivity contribution is -0.136. The number of carbonyl (C=O) groups is 3. The van der Waals surface area contributed by atoms with Gasteiger partial charge in [-0.2, -0.15) is 0 Å². The van der Waals surface area contributed by atoms with Crippen LogP contribution in [0.1, 0.15) is 40.7 Å². The summed E-state index contributed by atoms with van der Waals surface area (Å²) in [7, 11) is 0. The average Bonchev–Trinajstić information content (AvgIpc) is 2.72. The molecule has 0 radical (unpaired) electrons. The number of carboxylic acid groups (broad SMARTS) is 1. The van der Waals surface area contributed by atoms with Crippen molar-refractivity contribution in [2.24, 2.45) is 0 Å². The minimum absolute atomic E-state index is 0.0622. The SMILES string of the molecule is O=C(O)CCNC(=O)c1ccc(NC(=O)COc2ccc3c(c2)CCCC3)cc1. The summed E-state index contributed by atoms with van der Waals surface area (Å²) in [6, 6.07) is 12.3. The van der Waals surface area contributed by atoms with E-state index in [2.05, 4.69) is 16.7 Å². The molecule has 0 atom stereocenters. The van der Waals surface area contributed by atoms with Gasteiger partial charge in [0.25, 0.3) is 11.8 Å². The molecule has 152 valence electrons. The molecule has 2 aromatic rings. The molecule has 0 bridgehead atoms. The van der Waals surface area contributed by atoms with Crippen LogP contribution in [0.15, 0.2) is 42.5 Å². The van der Waals surface area contributed by atoms with E-state index in [1.165, 1.54) is 24.0 Å². The van der Waals surface area contributed by atoms with Gasteiger partial charge in [-0.05, 0) is 73.2 Å². The Morgan fingerprint density at radius 2 is 1.69 bits per heavy atom. The van der Waals surface area contributed by atoms with Crippen LogP contribution in [0.2, 0.25) is 0 Å². The number of carboxylic acids is 1. The third-order valence-corrected chi connectivity index (χ3v) is 4.75. The molecule has 1 aliphatic carbocycles. The third-order valence-electron chi connectivity index (χ3n) is 4.75. The van der Waals surface area contributed by atoms with E-state index in [-0.39, 0.29) is 31.4 Å². The van der Waals surface area contributed by atoms with Crippen LogP contribution in [0.5, 0.6) is 5.75 Å². The van der Waals surface area contributed by atoms with Crippen molar-refractivity contribution in [1.82, 2.24) is 5.32 Å². The Kier molecular flexibility index (Phi) is 6.84. The molecular formula is C22H24N2O5. The lowest BCUT2D eigenvalue weighted by Crippen LogP contribution is -2.26. The molecule has 3 rings (SSSR count). The number of hydrogen-bond acceptors (Lipinski definition) is 4. The molecular weight excluding hydrogens is 372 g/mol. The minimum atomic E-state index is -0.971. The van der Waals surface area contributed by atoms with Crippen molar-refractivity contribution in [2.45, 2.75) is 32.1 Å². The van der Waals surface area contributed by atoms with E-state index in [1.807, 2.05) is 12.1 Å². The van der Waals surface area contributed by atoms with Crippen molar-refractivity contribution >= 4 is 23.5 Å². The first-order chi connectivity index (χ1) is 14.0. The van der Waals surface area contributed by atoms with E-state index in [0.29, 0.717) is 17.0 Å². The molecule has 7 nitrogen and oxygen atoms in total. The normalized spacial score (nSPS) is 12.6. The van der Waals surface area contributed by atoms with E-state index in [9.17, 15) is 14.4 Å². The Labute approximate surface area is 169 Å². The van der Waals surface area contributed by atoms with Gasteiger partial charge in [0.2, 0.25) is 0 Å². The van der Waals surface area contributed by atoms with E-state index < -0.39 is 5.97 Å². The quantitative estimate of drug-likeness (QED) is 0.636. The molecule has 1 aliphatic rings. The van der Waals surface area contributed by atoms with Crippen LogP contribution in [0.25, 0.3) is 0 Å². The highest BCUT2D eigenvalue weighted by Gasteiger charge is 2.11. The molecule has 0 spiro atoms. The van der Waals surface area contributed by atoms with Crippen LogP contribution >= 0.6 is 0 Å². The Morgan fingerprint density at radius 3 is 2.41 bits per heavy atom. The van der Waals surface area contributed by atoms with Crippen LogP contribution in [0.4, 0.5) is 5.69 Å². The third kappa shape index (κ3) is 6.07. The number of aliphatic carboxylic acids is 1. The van der Waals surface area contributed by atoms with E-state index >= 15 is 0 Å². The second-order valence-corrected chi connectivity index (χ2v) is 6.95. The van der Waals surface area contributed by atoms with Crippen molar-refractivity contribution in [3.63, 3.8) is 0 Å². The summed E-state index contributed by atoms with van der Waals surface area (Å²) < 4.78 is 5.61. The summed E-state index contributed by atoms with van der Waals surface area (Å²) in [6.45, 7) is -0.0388. The molecule has 7 heteroatoms. The number of ether oxygens (including phenoxy) is 1. The average molecular weight is 396 g/mol. The van der Waals surface area contributed by atoms with Gasteiger partial charge in [0, 0.05) is 17.8 Å². The Morgan fingerprint density at radius 1 is 0.966 bits per heavy atom. The Hall–Kier alpha value is -3.35. The number of benzene rings is 2. The van der Waals surface area contributed by atoms with Crippen molar-refractivity contribution in [3.05, 3.63) is 59.2 Å². The van der Waals surface area contributed by atoms with Crippen LogP contribution in [-0.2, 0) is 22.4 Å². The van der Waals surface area contributed by atoms with Crippen LogP contribution in [0, 0.1) is 0 Å². The molecule has 0 heterocycles. The van der Waals surface area contributed by atoms with Crippen LogP contribution < -0.4 is 15.4 Å². The highest BCUT2D eigenvalue weighted by atomic mass is 16.5. The molecule has 0 saturated carbocycles. The van der Waals surface area contributed by atoms with Crippen molar-refractivity contribution in [3.8, 4) is 5.75 Å². The minimum Gasteiger partial charge on any atom is -0.484 e. The number of rotatable bonds is 8. The highest BCUT2D eigenvalue weighted by Crippen LogP contribution is 2.25.